The molecule has 1 amide bonds. The fourth-order valence-corrected chi connectivity index (χ4v) is 3.91. The number of carbonyl (C=O) groups excluding carboxylic acids is 1. The van der Waals surface area contributed by atoms with Crippen LogP contribution in [-0.4, -0.2) is 39.9 Å². The van der Waals surface area contributed by atoms with E-state index in [2.05, 4.69) is 10.1 Å². The zero-order valence-corrected chi connectivity index (χ0v) is 14.5. The molecule has 0 N–H and O–H groups in total. The molecule has 0 spiro atoms. The lowest BCUT2D eigenvalue weighted by Gasteiger charge is -2.22. The minimum atomic E-state index is -0.387. The molecule has 1 atom stereocenters. The molecule has 0 radical (unpaired) electrons. The Balaban J connectivity index is 1.72. The molecule has 3 heterocycles. The zero-order valence-electron chi connectivity index (χ0n) is 13.7. The summed E-state index contributed by atoms with van der Waals surface area (Å²) in [5.41, 5.74) is 0.619. The molecule has 1 fully saturated rings. The molecule has 0 saturated carbocycles. The number of para-hydroxylation sites is 1. The Morgan fingerprint density at radius 3 is 3.04 bits per heavy atom. The van der Waals surface area contributed by atoms with Gasteiger partial charge in [-0.05, 0) is 31.0 Å². The maximum Gasteiger partial charge on any atom is 0.280 e. The Morgan fingerprint density at radius 2 is 2.36 bits per heavy atom. The van der Waals surface area contributed by atoms with Crippen LogP contribution in [0.25, 0.3) is 10.2 Å². The van der Waals surface area contributed by atoms with Crippen molar-refractivity contribution in [3.05, 3.63) is 42.0 Å². The quantitative estimate of drug-likeness (QED) is 0.718. The Kier molecular flexibility index (Phi) is 4.22. The average molecular weight is 360 g/mol. The third kappa shape index (κ3) is 3.14. The van der Waals surface area contributed by atoms with Gasteiger partial charge in [-0.1, -0.05) is 17.4 Å². The topological polar surface area (TPSA) is 60.2 Å². The van der Waals surface area contributed by atoms with Crippen LogP contribution in [0, 0.1) is 5.82 Å². The molecule has 2 aromatic heterocycles. The van der Waals surface area contributed by atoms with Crippen LogP contribution in [0.2, 0.25) is 0 Å². The van der Waals surface area contributed by atoms with Gasteiger partial charge in [0.25, 0.3) is 5.91 Å². The summed E-state index contributed by atoms with van der Waals surface area (Å²) in [6, 6.07) is 6.48. The highest BCUT2D eigenvalue weighted by Crippen LogP contribution is 2.31. The Labute approximate surface area is 147 Å². The Hall–Kier alpha value is -2.32. The number of amides is 1. The van der Waals surface area contributed by atoms with E-state index in [9.17, 15) is 9.18 Å². The molecule has 8 heteroatoms. The molecule has 0 bridgehead atoms. The van der Waals surface area contributed by atoms with E-state index in [0.717, 1.165) is 12.8 Å². The second kappa shape index (κ2) is 6.53. The summed E-state index contributed by atoms with van der Waals surface area (Å²) in [5, 5.41) is 4.65. The predicted octanol–water partition coefficient (Wildman–Crippen LogP) is 2.99. The van der Waals surface area contributed by atoms with Gasteiger partial charge in [0.15, 0.2) is 10.8 Å². The van der Waals surface area contributed by atoms with Crippen LogP contribution in [0.4, 0.5) is 9.52 Å². The molecule has 1 aliphatic rings. The maximum atomic E-state index is 14.0. The number of benzene rings is 1. The lowest BCUT2D eigenvalue weighted by molar-refractivity contribution is 0.0913. The van der Waals surface area contributed by atoms with E-state index < -0.39 is 0 Å². The molecule has 1 saturated heterocycles. The lowest BCUT2D eigenvalue weighted by atomic mass is 10.2. The van der Waals surface area contributed by atoms with Gasteiger partial charge in [-0.15, -0.1) is 0 Å². The first-order valence-corrected chi connectivity index (χ1v) is 8.91. The van der Waals surface area contributed by atoms with Crippen molar-refractivity contribution in [2.45, 2.75) is 18.9 Å². The van der Waals surface area contributed by atoms with E-state index in [1.54, 1.807) is 41.0 Å². The van der Waals surface area contributed by atoms with E-state index in [1.165, 1.54) is 17.4 Å². The van der Waals surface area contributed by atoms with Gasteiger partial charge >= 0.3 is 0 Å². The Bertz CT molecular complexity index is 916. The summed E-state index contributed by atoms with van der Waals surface area (Å²) in [7, 11) is 1.76. The number of rotatable bonds is 4. The van der Waals surface area contributed by atoms with E-state index in [1.807, 2.05) is 0 Å². The lowest BCUT2D eigenvalue weighted by Crippen LogP contribution is -2.37. The molecular formula is C17H17FN4O2S. The van der Waals surface area contributed by atoms with Gasteiger partial charge in [-0.25, -0.2) is 9.37 Å². The van der Waals surface area contributed by atoms with Gasteiger partial charge in [0.05, 0.1) is 17.3 Å². The second-order valence-electron chi connectivity index (χ2n) is 6.01. The molecule has 1 aliphatic heterocycles. The normalized spacial score (nSPS) is 17.3. The van der Waals surface area contributed by atoms with E-state index in [-0.39, 0.29) is 23.3 Å². The molecule has 1 unspecified atom stereocenters. The number of hydrogen-bond donors (Lipinski definition) is 0. The van der Waals surface area contributed by atoms with Crippen molar-refractivity contribution < 1.29 is 13.9 Å². The number of ether oxygens (including phenoxy) is 1. The maximum absolute atomic E-state index is 14.0. The number of fused-ring (bicyclic) bond motifs is 1. The summed E-state index contributed by atoms with van der Waals surface area (Å²) in [6.07, 6.45) is 3.55. The van der Waals surface area contributed by atoms with Gasteiger partial charge in [-0.3, -0.25) is 14.4 Å². The predicted molar refractivity (Wildman–Crippen MR) is 93.4 cm³/mol. The van der Waals surface area contributed by atoms with E-state index in [4.69, 9.17) is 4.74 Å². The first-order valence-electron chi connectivity index (χ1n) is 8.10. The molecule has 6 nitrogen and oxygen atoms in total. The largest absolute Gasteiger partial charge is 0.376 e. The monoisotopic (exact) mass is 360 g/mol. The second-order valence-corrected chi connectivity index (χ2v) is 7.02. The number of aromatic nitrogens is 3. The SMILES string of the molecule is Cn1ccc(C(=O)N(CC2CCCO2)c2nc3c(F)cccc3s2)n1. The summed E-state index contributed by atoms with van der Waals surface area (Å²) in [5.74, 6) is -0.641. The highest BCUT2D eigenvalue weighted by atomic mass is 32.1. The van der Waals surface area contributed by atoms with Crippen LogP contribution >= 0.6 is 11.3 Å². The minimum absolute atomic E-state index is 0.0375. The third-order valence-electron chi connectivity index (χ3n) is 4.18. The van der Waals surface area contributed by atoms with Crippen LogP contribution in [-0.2, 0) is 11.8 Å². The van der Waals surface area contributed by atoms with Gasteiger partial charge in [0.2, 0.25) is 0 Å². The summed E-state index contributed by atoms with van der Waals surface area (Å²) in [4.78, 5) is 18.9. The molecule has 25 heavy (non-hydrogen) atoms. The van der Waals surface area contributed by atoms with Crippen molar-refractivity contribution in [1.29, 1.82) is 0 Å². The summed E-state index contributed by atoms with van der Waals surface area (Å²) < 4.78 is 22.0. The number of hydrogen-bond acceptors (Lipinski definition) is 5. The average Bonchev–Trinajstić information content (AvgIpc) is 3.32. The smallest absolute Gasteiger partial charge is 0.280 e. The highest BCUT2D eigenvalue weighted by Gasteiger charge is 2.28. The molecular weight excluding hydrogens is 343 g/mol. The van der Waals surface area contributed by atoms with E-state index >= 15 is 0 Å². The molecule has 0 aliphatic carbocycles. The van der Waals surface area contributed by atoms with Crippen molar-refractivity contribution in [3.63, 3.8) is 0 Å². The van der Waals surface area contributed by atoms with Crippen molar-refractivity contribution in [3.8, 4) is 0 Å². The molecule has 1 aromatic carbocycles. The fraction of sp³-hybridized carbons (Fsp3) is 0.353. The number of thiazole rings is 1. The standard InChI is InChI=1S/C17H17FN4O2S/c1-21-8-7-13(20-21)16(23)22(10-11-4-3-9-24-11)17-19-15-12(18)5-2-6-14(15)25-17/h2,5-8,11H,3-4,9-10H2,1H3. The Morgan fingerprint density at radius 1 is 1.48 bits per heavy atom. The van der Waals surface area contributed by atoms with Crippen molar-refractivity contribution in [2.24, 2.45) is 7.05 Å². The highest BCUT2D eigenvalue weighted by molar-refractivity contribution is 7.22. The number of carbonyl (C=O) groups is 1. The van der Waals surface area contributed by atoms with Gasteiger partial charge in [0.1, 0.15) is 11.3 Å². The summed E-state index contributed by atoms with van der Waals surface area (Å²) in [6.45, 7) is 1.08. The number of halogens is 1. The number of aryl methyl sites for hydroxylation is 1. The van der Waals surface area contributed by atoms with Gasteiger partial charge in [0, 0.05) is 19.9 Å². The molecule has 130 valence electrons. The molecule has 4 rings (SSSR count). The van der Waals surface area contributed by atoms with Crippen LogP contribution in [0.5, 0.6) is 0 Å². The van der Waals surface area contributed by atoms with Gasteiger partial charge < -0.3 is 4.74 Å². The first kappa shape index (κ1) is 16.2. The zero-order chi connectivity index (χ0) is 17.4. The fourth-order valence-electron chi connectivity index (χ4n) is 2.93. The van der Waals surface area contributed by atoms with Gasteiger partial charge in [-0.2, -0.15) is 5.10 Å². The number of anilines is 1. The third-order valence-corrected chi connectivity index (χ3v) is 5.22. The van der Waals surface area contributed by atoms with Crippen LogP contribution in [0.3, 0.4) is 0 Å². The van der Waals surface area contributed by atoms with Crippen molar-refractivity contribution >= 4 is 32.6 Å². The van der Waals surface area contributed by atoms with Crippen LogP contribution in [0.1, 0.15) is 23.3 Å². The molecule has 3 aromatic rings. The first-order chi connectivity index (χ1) is 12.1. The number of nitrogens with zero attached hydrogens (tertiary/aromatic N) is 4. The summed E-state index contributed by atoms with van der Waals surface area (Å²) >= 11 is 1.30. The minimum Gasteiger partial charge on any atom is -0.376 e. The van der Waals surface area contributed by atoms with Crippen molar-refractivity contribution in [2.75, 3.05) is 18.1 Å². The van der Waals surface area contributed by atoms with Crippen molar-refractivity contribution in [1.82, 2.24) is 14.8 Å². The van der Waals surface area contributed by atoms with E-state index in [0.29, 0.717) is 28.7 Å². The van der Waals surface area contributed by atoms with Crippen LogP contribution in [0.15, 0.2) is 30.5 Å². The van der Waals surface area contributed by atoms with Crippen LogP contribution < -0.4 is 4.90 Å².